The lowest BCUT2D eigenvalue weighted by atomic mass is 10.3. The maximum Gasteiger partial charge on any atom is 0.307 e. The molecule has 0 saturated heterocycles. The van der Waals surface area contributed by atoms with Gasteiger partial charge >= 0.3 is 10.8 Å². The fourth-order valence-corrected chi connectivity index (χ4v) is 2.41. The Bertz CT molecular complexity index is 638. The second kappa shape index (κ2) is 4.79. The number of thiazole rings is 1. The predicted octanol–water partition coefficient (Wildman–Crippen LogP) is 0.771. The number of aryl methyl sites for hydroxylation is 1. The number of hydrazine groups is 1. The lowest BCUT2D eigenvalue weighted by molar-refractivity contribution is 0.0924. The molecule has 2 heterocycles. The number of nitrogen functional groups attached to an aromatic ring is 1. The average Bonchev–Trinajstić information content (AvgIpc) is 2.90. The van der Waals surface area contributed by atoms with Gasteiger partial charge in [-0.25, -0.2) is 5.84 Å². The van der Waals surface area contributed by atoms with Gasteiger partial charge in [-0.15, -0.1) is 0 Å². The quantitative estimate of drug-likeness (QED) is 0.488. The topological polar surface area (TPSA) is 90.3 Å². The number of furan rings is 1. The van der Waals surface area contributed by atoms with Crippen LogP contribution in [0.3, 0.4) is 0 Å². The molecule has 96 valence electrons. The van der Waals surface area contributed by atoms with Crippen molar-refractivity contribution in [3.05, 3.63) is 43.9 Å². The van der Waals surface area contributed by atoms with Gasteiger partial charge in [-0.2, -0.15) is 0 Å². The van der Waals surface area contributed by atoms with Crippen LogP contribution in [0.5, 0.6) is 0 Å². The molecule has 3 N–H and O–H groups in total. The number of nitrogens with zero attached hydrogens (tertiary/aromatic N) is 1. The molecule has 0 bridgehead atoms. The first-order valence-electron chi connectivity index (χ1n) is 5.29. The van der Waals surface area contributed by atoms with Gasteiger partial charge in [0.05, 0.1) is 6.54 Å². The van der Waals surface area contributed by atoms with Crippen molar-refractivity contribution in [3.8, 4) is 0 Å². The van der Waals surface area contributed by atoms with Gasteiger partial charge in [0.2, 0.25) is 0 Å². The van der Waals surface area contributed by atoms with Crippen molar-refractivity contribution in [2.75, 3.05) is 0 Å². The monoisotopic (exact) mass is 267 g/mol. The van der Waals surface area contributed by atoms with Crippen molar-refractivity contribution in [1.82, 2.24) is 9.99 Å². The number of aromatic nitrogens is 1. The van der Waals surface area contributed by atoms with Gasteiger partial charge in [0, 0.05) is 10.6 Å². The normalized spacial score (nSPS) is 10.6. The minimum absolute atomic E-state index is 0.0359. The number of hydrogen-bond acceptors (Lipinski definition) is 5. The van der Waals surface area contributed by atoms with Crippen LogP contribution in [0.15, 0.2) is 21.3 Å². The van der Waals surface area contributed by atoms with E-state index in [0.717, 1.165) is 10.6 Å². The van der Waals surface area contributed by atoms with Gasteiger partial charge in [0.25, 0.3) is 0 Å². The Morgan fingerprint density at radius 3 is 2.78 bits per heavy atom. The number of amides is 1. The van der Waals surface area contributed by atoms with E-state index >= 15 is 0 Å². The Morgan fingerprint density at radius 2 is 2.22 bits per heavy atom. The van der Waals surface area contributed by atoms with Crippen LogP contribution in [0.25, 0.3) is 0 Å². The largest absolute Gasteiger partial charge is 0.454 e. The smallest absolute Gasteiger partial charge is 0.307 e. The third-order valence-corrected chi connectivity index (χ3v) is 3.70. The molecule has 7 heteroatoms. The van der Waals surface area contributed by atoms with Gasteiger partial charge in [-0.1, -0.05) is 11.3 Å². The fraction of sp³-hybridized carbons (Fsp3) is 0.273. The molecule has 2 rings (SSSR count). The summed E-state index contributed by atoms with van der Waals surface area (Å²) in [6.45, 7) is 4.09. The van der Waals surface area contributed by atoms with Crippen LogP contribution in [0.1, 0.15) is 26.9 Å². The standard InChI is InChI=1S/C11H13N3O3S/c1-6-7(2)18-11(16)14(6)5-8-3-4-9(17-8)10(15)13-12/h3-4H,5,12H2,1-2H3,(H,13,15). The number of carbonyl (C=O) groups is 1. The zero-order chi connectivity index (χ0) is 13.3. The van der Waals surface area contributed by atoms with Gasteiger partial charge < -0.3 is 4.42 Å². The van der Waals surface area contributed by atoms with E-state index in [4.69, 9.17) is 10.3 Å². The van der Waals surface area contributed by atoms with Crippen LogP contribution in [0, 0.1) is 13.8 Å². The number of nitrogens with two attached hydrogens (primary N) is 1. The lowest BCUT2D eigenvalue weighted by Gasteiger charge is -2.02. The molecular formula is C11H13N3O3S. The van der Waals surface area contributed by atoms with E-state index in [-0.39, 0.29) is 10.6 Å². The van der Waals surface area contributed by atoms with Crippen LogP contribution < -0.4 is 16.1 Å². The first-order chi connectivity index (χ1) is 8.52. The summed E-state index contributed by atoms with van der Waals surface area (Å²) in [7, 11) is 0. The molecule has 6 nitrogen and oxygen atoms in total. The highest BCUT2D eigenvalue weighted by atomic mass is 32.1. The first kappa shape index (κ1) is 12.6. The molecule has 0 spiro atoms. The van der Waals surface area contributed by atoms with Crippen molar-refractivity contribution in [3.63, 3.8) is 0 Å². The minimum atomic E-state index is -0.494. The highest BCUT2D eigenvalue weighted by Gasteiger charge is 2.12. The summed E-state index contributed by atoms with van der Waals surface area (Å²) in [5, 5.41) is 0. The molecule has 2 aromatic heterocycles. The molecule has 0 aliphatic heterocycles. The average molecular weight is 267 g/mol. The van der Waals surface area contributed by atoms with Crippen molar-refractivity contribution in [2.24, 2.45) is 5.84 Å². The van der Waals surface area contributed by atoms with E-state index in [2.05, 4.69) is 0 Å². The molecule has 0 unspecified atom stereocenters. The van der Waals surface area contributed by atoms with Crippen LogP contribution >= 0.6 is 11.3 Å². The summed E-state index contributed by atoms with van der Waals surface area (Å²) in [5.74, 6) is 5.18. The second-order valence-electron chi connectivity index (χ2n) is 3.84. The Balaban J connectivity index is 2.27. The maximum atomic E-state index is 11.7. The molecule has 0 fully saturated rings. The Morgan fingerprint density at radius 1 is 1.50 bits per heavy atom. The summed E-state index contributed by atoms with van der Waals surface area (Å²) in [6, 6.07) is 3.18. The lowest BCUT2D eigenvalue weighted by Crippen LogP contribution is -2.29. The summed E-state index contributed by atoms with van der Waals surface area (Å²) in [5.41, 5.74) is 2.89. The highest BCUT2D eigenvalue weighted by Crippen LogP contribution is 2.14. The minimum Gasteiger partial charge on any atom is -0.454 e. The zero-order valence-corrected chi connectivity index (χ0v) is 10.8. The van der Waals surface area contributed by atoms with E-state index in [1.54, 1.807) is 10.6 Å². The van der Waals surface area contributed by atoms with Crippen LogP contribution in [-0.4, -0.2) is 10.5 Å². The molecule has 0 aromatic carbocycles. The summed E-state index contributed by atoms with van der Waals surface area (Å²) in [6.07, 6.45) is 0. The molecule has 0 saturated carbocycles. The molecule has 18 heavy (non-hydrogen) atoms. The second-order valence-corrected chi connectivity index (χ2v) is 5.00. The van der Waals surface area contributed by atoms with Gasteiger partial charge in [-0.05, 0) is 26.0 Å². The zero-order valence-electron chi connectivity index (χ0n) is 10.0. The molecule has 0 aliphatic carbocycles. The van der Waals surface area contributed by atoms with E-state index in [0.29, 0.717) is 12.3 Å². The first-order valence-corrected chi connectivity index (χ1v) is 6.11. The number of carbonyl (C=O) groups excluding carboxylic acids is 1. The third kappa shape index (κ3) is 2.22. The van der Waals surface area contributed by atoms with Crippen LogP contribution in [0.4, 0.5) is 0 Å². The van der Waals surface area contributed by atoms with E-state index in [1.165, 1.54) is 17.4 Å². The molecule has 0 aliphatic rings. The van der Waals surface area contributed by atoms with Gasteiger partial charge in [0.15, 0.2) is 5.76 Å². The van der Waals surface area contributed by atoms with Crippen molar-refractivity contribution in [2.45, 2.75) is 20.4 Å². The van der Waals surface area contributed by atoms with E-state index in [9.17, 15) is 9.59 Å². The summed E-state index contributed by atoms with van der Waals surface area (Å²) >= 11 is 1.20. The third-order valence-electron chi connectivity index (χ3n) is 2.71. The van der Waals surface area contributed by atoms with Crippen molar-refractivity contribution < 1.29 is 9.21 Å². The number of rotatable bonds is 3. The van der Waals surface area contributed by atoms with Gasteiger partial charge in [0.1, 0.15) is 5.76 Å². The molecule has 1 amide bonds. The Hall–Kier alpha value is -1.86. The van der Waals surface area contributed by atoms with Crippen LogP contribution in [0.2, 0.25) is 0 Å². The SMILES string of the molecule is Cc1sc(=O)n(Cc2ccc(C(=O)NN)o2)c1C. The Labute approximate surface area is 107 Å². The maximum absolute atomic E-state index is 11.7. The molecular weight excluding hydrogens is 254 g/mol. The van der Waals surface area contributed by atoms with Crippen LogP contribution in [-0.2, 0) is 6.54 Å². The number of hydrogen-bond donors (Lipinski definition) is 2. The van der Waals surface area contributed by atoms with Gasteiger partial charge in [-0.3, -0.25) is 19.6 Å². The molecule has 2 aromatic rings. The van der Waals surface area contributed by atoms with E-state index in [1.807, 2.05) is 19.3 Å². The van der Waals surface area contributed by atoms with Crippen molar-refractivity contribution >= 4 is 17.2 Å². The highest BCUT2D eigenvalue weighted by molar-refractivity contribution is 7.09. The summed E-state index contributed by atoms with van der Waals surface area (Å²) in [4.78, 5) is 23.9. The van der Waals surface area contributed by atoms with Crippen molar-refractivity contribution in [1.29, 1.82) is 0 Å². The van der Waals surface area contributed by atoms with E-state index < -0.39 is 5.91 Å². The Kier molecular flexibility index (Phi) is 3.35. The summed E-state index contributed by atoms with van der Waals surface area (Å²) < 4.78 is 6.93. The predicted molar refractivity (Wildman–Crippen MR) is 67.5 cm³/mol. The fourth-order valence-electron chi connectivity index (χ4n) is 1.58. The molecule has 0 radical (unpaired) electrons. The molecule has 0 atom stereocenters. The number of nitrogens with one attached hydrogen (secondary N) is 1.